The summed E-state index contributed by atoms with van der Waals surface area (Å²) in [6.07, 6.45) is -0.334. The normalized spacial score (nSPS) is 11.8. The number of hydrogen-bond donors (Lipinski definition) is 1. The Balaban J connectivity index is 4.42. The van der Waals surface area contributed by atoms with Gasteiger partial charge in [-0.05, 0) is 0 Å². The van der Waals surface area contributed by atoms with Gasteiger partial charge in [0.25, 0.3) is 10.2 Å². The highest BCUT2D eigenvalue weighted by molar-refractivity contribution is 7.86. The number of ether oxygens (including phenoxy) is 1. The lowest BCUT2D eigenvalue weighted by Crippen LogP contribution is -2.41. The molecule has 0 aromatic carbocycles. The smallest absolute Gasteiger partial charge is 0.306 e. The molecule has 1 N–H and O–H groups in total. The molecule has 0 unspecified atom stereocenters. The van der Waals surface area contributed by atoms with Gasteiger partial charge in [0, 0.05) is 27.2 Å². The Morgan fingerprint density at radius 2 is 1.56 bits per heavy atom. The van der Waals surface area contributed by atoms with Gasteiger partial charge in [-0.2, -0.15) is 17.0 Å². The molecule has 0 aliphatic carbocycles. The van der Waals surface area contributed by atoms with E-state index in [0.29, 0.717) is 0 Å². The quantitative estimate of drug-likeness (QED) is 0.580. The summed E-state index contributed by atoms with van der Waals surface area (Å²) in [7, 11) is 0.0747. The second-order valence-corrected chi connectivity index (χ2v) is 5.76. The number of carboxylic acids is 1. The number of hydrogen-bond acceptors (Lipinski definition) is 5. The summed E-state index contributed by atoms with van der Waals surface area (Å²) in [5.74, 6) is -1.58. The van der Waals surface area contributed by atoms with E-state index in [1.165, 1.54) is 21.2 Å². The molecule has 9 heteroatoms. The third-order valence-corrected chi connectivity index (χ3v) is 4.23. The Bertz CT molecular complexity index is 394. The van der Waals surface area contributed by atoms with Gasteiger partial charge in [-0.1, -0.05) is 0 Å². The van der Waals surface area contributed by atoms with Gasteiger partial charge in [-0.3, -0.25) is 9.59 Å². The summed E-state index contributed by atoms with van der Waals surface area (Å²) < 4.78 is 30.0. The highest BCUT2D eigenvalue weighted by Gasteiger charge is 2.24. The Hall–Kier alpha value is -1.19. The van der Waals surface area contributed by atoms with E-state index in [1.54, 1.807) is 0 Å². The fourth-order valence-corrected chi connectivity index (χ4v) is 2.19. The lowest BCUT2D eigenvalue weighted by atomic mass is 10.4. The second kappa shape index (κ2) is 7.29. The fraction of sp³-hybridized carbons (Fsp3) is 0.778. The maximum atomic E-state index is 11.9. The van der Waals surface area contributed by atoms with E-state index >= 15 is 0 Å². The van der Waals surface area contributed by atoms with Crippen molar-refractivity contribution in [2.75, 3.05) is 34.3 Å². The summed E-state index contributed by atoms with van der Waals surface area (Å²) in [5.41, 5.74) is 0. The van der Waals surface area contributed by atoms with Gasteiger partial charge in [-0.25, -0.2) is 0 Å². The summed E-state index contributed by atoms with van der Waals surface area (Å²) >= 11 is 0. The molecule has 0 spiro atoms. The minimum atomic E-state index is -3.74. The van der Waals surface area contributed by atoms with Crippen molar-refractivity contribution in [2.24, 2.45) is 0 Å². The largest absolute Gasteiger partial charge is 0.481 e. The minimum Gasteiger partial charge on any atom is -0.481 e. The topological polar surface area (TPSA) is 104 Å². The van der Waals surface area contributed by atoms with Crippen LogP contribution in [0.15, 0.2) is 0 Å². The van der Waals surface area contributed by atoms with Crippen LogP contribution in [0.4, 0.5) is 0 Å². The molecule has 0 saturated carbocycles. The molecule has 0 rings (SSSR count). The molecule has 0 saturated heterocycles. The van der Waals surface area contributed by atoms with E-state index in [0.717, 1.165) is 8.61 Å². The molecule has 18 heavy (non-hydrogen) atoms. The van der Waals surface area contributed by atoms with Crippen LogP contribution < -0.4 is 0 Å². The zero-order valence-electron chi connectivity index (χ0n) is 10.6. The maximum Gasteiger partial charge on any atom is 0.306 e. The molecule has 0 aromatic heterocycles. The average Bonchev–Trinajstić information content (AvgIpc) is 2.31. The van der Waals surface area contributed by atoms with Crippen LogP contribution in [0.5, 0.6) is 0 Å². The van der Waals surface area contributed by atoms with Crippen molar-refractivity contribution in [3.63, 3.8) is 0 Å². The number of carboxylic acid groups (broad SMARTS) is 1. The zero-order chi connectivity index (χ0) is 14.3. The highest BCUT2D eigenvalue weighted by atomic mass is 32.2. The van der Waals surface area contributed by atoms with Crippen molar-refractivity contribution in [1.82, 2.24) is 8.61 Å². The number of esters is 1. The van der Waals surface area contributed by atoms with Crippen LogP contribution in [0.1, 0.15) is 12.8 Å². The third-order valence-electron chi connectivity index (χ3n) is 2.29. The molecule has 0 heterocycles. The average molecular weight is 282 g/mol. The third kappa shape index (κ3) is 5.43. The van der Waals surface area contributed by atoms with Crippen molar-refractivity contribution in [3.05, 3.63) is 0 Å². The van der Waals surface area contributed by atoms with E-state index in [2.05, 4.69) is 4.74 Å². The van der Waals surface area contributed by atoms with Crippen LogP contribution in [0, 0.1) is 0 Å². The van der Waals surface area contributed by atoms with Gasteiger partial charge in [-0.15, -0.1) is 0 Å². The van der Waals surface area contributed by atoms with Gasteiger partial charge in [0.1, 0.15) is 0 Å². The molecule has 0 fully saturated rings. The van der Waals surface area contributed by atoms with Crippen LogP contribution >= 0.6 is 0 Å². The monoisotopic (exact) mass is 282 g/mol. The number of rotatable bonds is 8. The standard InChI is InChI=1S/C9H18N2O6S/c1-10(6-4-8(12)13)18(15,16)11(2)7-5-9(14)17-3/h4-7H2,1-3H3,(H,12,13). The Kier molecular flexibility index (Phi) is 6.81. The molecule has 0 aliphatic heterocycles. The predicted octanol–water partition coefficient (Wildman–Crippen LogP) is -0.867. The molecule has 0 amide bonds. The molecule has 0 aliphatic rings. The van der Waals surface area contributed by atoms with Gasteiger partial charge >= 0.3 is 11.9 Å². The number of carbonyl (C=O) groups is 2. The first-order valence-corrected chi connectivity index (χ1v) is 6.57. The van der Waals surface area contributed by atoms with Crippen LogP contribution in [0.2, 0.25) is 0 Å². The van der Waals surface area contributed by atoms with Crippen molar-refractivity contribution >= 4 is 22.1 Å². The fourth-order valence-electron chi connectivity index (χ4n) is 1.07. The summed E-state index contributed by atoms with van der Waals surface area (Å²) in [4.78, 5) is 21.3. The van der Waals surface area contributed by atoms with E-state index in [9.17, 15) is 18.0 Å². The van der Waals surface area contributed by atoms with Crippen LogP contribution in [0.3, 0.4) is 0 Å². The number of carbonyl (C=O) groups excluding carboxylic acids is 1. The zero-order valence-corrected chi connectivity index (χ0v) is 11.4. The first-order chi connectivity index (χ1) is 8.21. The summed E-state index contributed by atoms with van der Waals surface area (Å²) in [6, 6.07) is 0. The van der Waals surface area contributed by atoms with Crippen LogP contribution in [-0.4, -0.2) is 68.4 Å². The molecular formula is C9H18N2O6S. The number of aliphatic carboxylic acids is 1. The van der Waals surface area contributed by atoms with Crippen molar-refractivity contribution in [1.29, 1.82) is 0 Å². The molecule has 0 atom stereocenters. The lowest BCUT2D eigenvalue weighted by Gasteiger charge is -2.23. The van der Waals surface area contributed by atoms with Crippen molar-refractivity contribution in [3.8, 4) is 0 Å². The van der Waals surface area contributed by atoms with Crippen LogP contribution in [0.25, 0.3) is 0 Å². The van der Waals surface area contributed by atoms with Gasteiger partial charge in [0.15, 0.2) is 0 Å². The van der Waals surface area contributed by atoms with E-state index in [4.69, 9.17) is 5.11 Å². The number of nitrogens with zero attached hydrogens (tertiary/aromatic N) is 2. The first-order valence-electron chi connectivity index (χ1n) is 5.18. The predicted molar refractivity (Wildman–Crippen MR) is 63.1 cm³/mol. The highest BCUT2D eigenvalue weighted by Crippen LogP contribution is 2.05. The van der Waals surface area contributed by atoms with Crippen molar-refractivity contribution in [2.45, 2.75) is 12.8 Å². The van der Waals surface area contributed by atoms with E-state index in [-0.39, 0.29) is 25.9 Å². The first kappa shape index (κ1) is 16.8. The Labute approximate surface area is 106 Å². The van der Waals surface area contributed by atoms with Crippen molar-refractivity contribution < 1.29 is 27.9 Å². The number of methoxy groups -OCH3 is 1. The molecule has 0 aromatic rings. The molecule has 0 bridgehead atoms. The van der Waals surface area contributed by atoms with Crippen LogP contribution in [-0.2, 0) is 24.5 Å². The molecule has 0 radical (unpaired) electrons. The van der Waals surface area contributed by atoms with Gasteiger partial charge in [0.05, 0.1) is 20.0 Å². The van der Waals surface area contributed by atoms with Gasteiger partial charge in [0.2, 0.25) is 0 Å². The maximum absolute atomic E-state index is 11.9. The SMILES string of the molecule is COC(=O)CCN(C)S(=O)(=O)N(C)CCC(=O)O. The Morgan fingerprint density at radius 1 is 1.11 bits per heavy atom. The summed E-state index contributed by atoms with van der Waals surface area (Å²) in [5, 5.41) is 8.48. The van der Waals surface area contributed by atoms with E-state index < -0.39 is 22.1 Å². The second-order valence-electron chi connectivity index (χ2n) is 3.62. The minimum absolute atomic E-state index is 0.0214. The molecular weight excluding hydrogens is 264 g/mol. The lowest BCUT2D eigenvalue weighted by molar-refractivity contribution is -0.140. The summed E-state index contributed by atoms with van der Waals surface area (Å²) in [6.45, 7) is -0.146. The molecule has 106 valence electrons. The van der Waals surface area contributed by atoms with Gasteiger partial charge < -0.3 is 9.84 Å². The molecule has 8 nitrogen and oxygen atoms in total. The Morgan fingerprint density at radius 3 is 1.94 bits per heavy atom. The van der Waals surface area contributed by atoms with E-state index in [1.807, 2.05) is 0 Å².